The first-order valence-corrected chi connectivity index (χ1v) is 13.8. The van der Waals surface area contributed by atoms with E-state index in [2.05, 4.69) is 10.0 Å². The van der Waals surface area contributed by atoms with Gasteiger partial charge in [0.2, 0.25) is 21.8 Å². The van der Waals surface area contributed by atoms with E-state index < -0.39 is 33.9 Å². The minimum absolute atomic E-state index is 0.00681. The van der Waals surface area contributed by atoms with Gasteiger partial charge in [-0.05, 0) is 31.2 Å². The predicted molar refractivity (Wildman–Crippen MR) is 142 cm³/mol. The number of nitrogens with one attached hydrogen (secondary N) is 4. The molecule has 0 radical (unpaired) electrons. The molecule has 0 aliphatic rings. The Morgan fingerprint density at radius 1 is 1.00 bits per heavy atom. The molecule has 0 saturated heterocycles. The van der Waals surface area contributed by atoms with Crippen molar-refractivity contribution in [2.24, 2.45) is 11.5 Å². The van der Waals surface area contributed by atoms with Gasteiger partial charge >= 0.3 is 0 Å². The van der Waals surface area contributed by atoms with Gasteiger partial charge in [-0.15, -0.1) is 0 Å². The van der Waals surface area contributed by atoms with E-state index in [9.17, 15) is 22.8 Å². The molecule has 13 heteroatoms. The fraction of sp³-hybridized carbons (Fsp3) is 0.542. The number of hydrogen-bond donors (Lipinski definition) is 6. The fourth-order valence-corrected chi connectivity index (χ4v) is 4.98. The smallest absolute Gasteiger partial charge is 0.240 e. The minimum atomic E-state index is -3.87. The summed E-state index contributed by atoms with van der Waals surface area (Å²) in [5, 5.41) is 17.1. The normalized spacial score (nSPS) is 12.8. The van der Waals surface area contributed by atoms with Crippen LogP contribution in [0.4, 0.5) is 0 Å². The standard InChI is InChI=1S/C24H39N7O5S/c1-31(15-23(33)29-19(16-32)11-5-7-13-21(25)26)24(34)20(12-6-8-14-22(27)28)30-37(35,36)17-18-9-3-2-4-10-18/h2-4,9-10,16,19-20,30H,5-8,11-15,17H2,1H3,(H3,25,26)(H3,27,28)(H,29,33)/t19?,20-/m1/s1. The van der Waals surface area contributed by atoms with Gasteiger partial charge < -0.3 is 26.5 Å². The van der Waals surface area contributed by atoms with Crippen LogP contribution < -0.4 is 21.5 Å². The number of amidine groups is 2. The number of benzene rings is 1. The van der Waals surface area contributed by atoms with E-state index in [0.717, 1.165) is 4.90 Å². The molecule has 0 fully saturated rings. The highest BCUT2D eigenvalue weighted by molar-refractivity contribution is 7.88. The number of likely N-dealkylation sites (N-methyl/N-ethyl adjacent to an activating group) is 1. The SMILES string of the molecule is CN(CC(=O)NC(C=O)CCCCC(=N)N)C(=O)[C@@H](CCCCC(=N)N)NS(=O)(=O)Cc1ccccc1. The third-order valence-electron chi connectivity index (χ3n) is 5.49. The number of hydrogen-bond acceptors (Lipinski definition) is 7. The van der Waals surface area contributed by atoms with Crippen molar-refractivity contribution in [2.75, 3.05) is 13.6 Å². The topological polar surface area (TPSA) is 212 Å². The number of rotatable bonds is 19. The summed E-state index contributed by atoms with van der Waals surface area (Å²) in [6.07, 6.45) is 4.04. The summed E-state index contributed by atoms with van der Waals surface area (Å²) < 4.78 is 28.0. The van der Waals surface area contributed by atoms with Gasteiger partial charge in [0.1, 0.15) is 12.3 Å². The Kier molecular flexibility index (Phi) is 14.1. The monoisotopic (exact) mass is 537 g/mol. The Balaban J connectivity index is 2.78. The molecule has 0 saturated carbocycles. The molecule has 2 amide bonds. The molecule has 1 unspecified atom stereocenters. The lowest BCUT2D eigenvalue weighted by molar-refractivity contribution is -0.136. The van der Waals surface area contributed by atoms with Crippen LogP contribution in [0.25, 0.3) is 0 Å². The molecule has 8 N–H and O–H groups in total. The molecular formula is C24H39N7O5S. The van der Waals surface area contributed by atoms with Gasteiger partial charge in [0, 0.05) is 19.9 Å². The number of carbonyl (C=O) groups excluding carboxylic acids is 3. The highest BCUT2D eigenvalue weighted by atomic mass is 32.2. The second-order valence-corrected chi connectivity index (χ2v) is 10.7. The molecule has 0 aliphatic carbocycles. The number of nitrogens with two attached hydrogens (primary N) is 2. The molecule has 0 spiro atoms. The quantitative estimate of drug-likeness (QED) is 0.0639. The van der Waals surface area contributed by atoms with E-state index in [1.807, 2.05) is 0 Å². The van der Waals surface area contributed by atoms with Crippen LogP contribution in [-0.2, 0) is 30.2 Å². The predicted octanol–water partition coefficient (Wildman–Crippen LogP) is 0.609. The average molecular weight is 538 g/mol. The fourth-order valence-electron chi connectivity index (χ4n) is 3.61. The van der Waals surface area contributed by atoms with Gasteiger partial charge in [-0.25, -0.2) is 13.1 Å². The van der Waals surface area contributed by atoms with Crippen LogP contribution in [0.5, 0.6) is 0 Å². The lowest BCUT2D eigenvalue weighted by Crippen LogP contribution is -2.50. The highest BCUT2D eigenvalue weighted by Gasteiger charge is 2.28. The summed E-state index contributed by atoms with van der Waals surface area (Å²) in [6.45, 7) is -0.360. The van der Waals surface area contributed by atoms with E-state index in [1.165, 1.54) is 7.05 Å². The van der Waals surface area contributed by atoms with Crippen molar-refractivity contribution in [3.8, 4) is 0 Å². The number of unbranched alkanes of at least 4 members (excludes halogenated alkanes) is 2. The summed E-state index contributed by atoms with van der Waals surface area (Å²) in [5.74, 6) is -1.38. The van der Waals surface area contributed by atoms with Crippen LogP contribution in [0.15, 0.2) is 30.3 Å². The molecule has 2 atom stereocenters. The van der Waals surface area contributed by atoms with Crippen LogP contribution in [0, 0.1) is 10.8 Å². The summed E-state index contributed by atoms with van der Waals surface area (Å²) in [7, 11) is -2.48. The van der Waals surface area contributed by atoms with Crippen LogP contribution in [-0.4, -0.2) is 68.8 Å². The first-order chi connectivity index (χ1) is 17.4. The van der Waals surface area contributed by atoms with E-state index >= 15 is 0 Å². The number of amides is 2. The van der Waals surface area contributed by atoms with Crippen LogP contribution in [0.2, 0.25) is 0 Å². The van der Waals surface area contributed by atoms with Crippen LogP contribution in [0.1, 0.15) is 56.9 Å². The van der Waals surface area contributed by atoms with Gasteiger partial charge in [0.05, 0.1) is 30.0 Å². The van der Waals surface area contributed by atoms with Crippen molar-refractivity contribution in [2.45, 2.75) is 69.2 Å². The Morgan fingerprint density at radius 3 is 2.11 bits per heavy atom. The van der Waals surface area contributed by atoms with Gasteiger partial charge in [-0.1, -0.05) is 43.2 Å². The van der Waals surface area contributed by atoms with Crippen molar-refractivity contribution >= 4 is 39.8 Å². The third kappa shape index (κ3) is 14.1. The molecule has 0 bridgehead atoms. The lowest BCUT2D eigenvalue weighted by Gasteiger charge is -2.25. The third-order valence-corrected chi connectivity index (χ3v) is 6.84. The summed E-state index contributed by atoms with van der Waals surface area (Å²) in [5.41, 5.74) is 11.2. The first kappa shape index (κ1) is 31.7. The van der Waals surface area contributed by atoms with Gasteiger partial charge in [0.15, 0.2) is 0 Å². The average Bonchev–Trinajstić information content (AvgIpc) is 2.82. The number of nitrogens with zero attached hydrogens (tertiary/aromatic N) is 1. The van der Waals surface area contributed by atoms with Crippen molar-refractivity contribution in [3.05, 3.63) is 35.9 Å². The zero-order valence-corrected chi connectivity index (χ0v) is 22.1. The van der Waals surface area contributed by atoms with E-state index in [1.54, 1.807) is 30.3 Å². The molecule has 1 aromatic rings. The van der Waals surface area contributed by atoms with E-state index in [-0.39, 0.29) is 30.4 Å². The zero-order chi connectivity index (χ0) is 27.8. The summed E-state index contributed by atoms with van der Waals surface area (Å²) in [6, 6.07) is 6.70. The van der Waals surface area contributed by atoms with E-state index in [4.69, 9.17) is 22.3 Å². The summed E-state index contributed by atoms with van der Waals surface area (Å²) >= 11 is 0. The maximum absolute atomic E-state index is 13.1. The second kappa shape index (κ2) is 16.4. The molecule has 37 heavy (non-hydrogen) atoms. The maximum atomic E-state index is 13.1. The highest BCUT2D eigenvalue weighted by Crippen LogP contribution is 2.11. The number of sulfonamides is 1. The minimum Gasteiger partial charge on any atom is -0.388 e. The molecule has 0 heterocycles. The van der Waals surface area contributed by atoms with Crippen LogP contribution in [0.3, 0.4) is 0 Å². The van der Waals surface area contributed by atoms with Gasteiger partial charge in [-0.2, -0.15) is 0 Å². The molecule has 1 aromatic carbocycles. The molecule has 206 valence electrons. The Hall–Kier alpha value is -3.32. The van der Waals surface area contributed by atoms with Crippen LogP contribution >= 0.6 is 0 Å². The molecule has 0 aliphatic heterocycles. The molecule has 0 aromatic heterocycles. The molecule has 1 rings (SSSR count). The lowest BCUT2D eigenvalue weighted by atomic mass is 10.1. The van der Waals surface area contributed by atoms with E-state index in [0.29, 0.717) is 56.8 Å². The Bertz CT molecular complexity index is 1020. The van der Waals surface area contributed by atoms with Crippen molar-refractivity contribution in [1.29, 1.82) is 10.8 Å². The van der Waals surface area contributed by atoms with Gasteiger partial charge in [0.25, 0.3) is 0 Å². The molecule has 12 nitrogen and oxygen atoms in total. The van der Waals surface area contributed by atoms with Gasteiger partial charge in [-0.3, -0.25) is 20.4 Å². The summed E-state index contributed by atoms with van der Waals surface area (Å²) in [4.78, 5) is 38.0. The first-order valence-electron chi connectivity index (χ1n) is 12.1. The Labute approximate surface area is 218 Å². The number of carbonyl (C=O) groups is 3. The van der Waals surface area contributed by atoms with Crippen molar-refractivity contribution in [3.63, 3.8) is 0 Å². The molecular weight excluding hydrogens is 498 g/mol. The number of aldehydes is 1. The second-order valence-electron chi connectivity index (χ2n) is 8.96. The largest absolute Gasteiger partial charge is 0.388 e. The zero-order valence-electron chi connectivity index (χ0n) is 21.2. The maximum Gasteiger partial charge on any atom is 0.240 e. The van der Waals surface area contributed by atoms with Crippen molar-refractivity contribution in [1.82, 2.24) is 14.9 Å². The Morgan fingerprint density at radius 2 is 1.57 bits per heavy atom. The van der Waals surface area contributed by atoms with Crippen molar-refractivity contribution < 1.29 is 22.8 Å².